The number of carbonyl (C=O) groups is 2. The number of hydrogen-bond donors (Lipinski definition) is 1. The molecule has 1 atom stereocenters. The van der Waals surface area contributed by atoms with Crippen molar-refractivity contribution in [3.8, 4) is 11.5 Å². The largest absolute Gasteiger partial charge is 0.456 e. The summed E-state index contributed by atoms with van der Waals surface area (Å²) < 4.78 is 15.9. The van der Waals surface area contributed by atoms with E-state index >= 15 is 0 Å². The molecule has 1 heterocycles. The van der Waals surface area contributed by atoms with Crippen molar-refractivity contribution in [3.63, 3.8) is 0 Å². The van der Waals surface area contributed by atoms with E-state index in [0.29, 0.717) is 5.89 Å². The number of carbonyl (C=O) groups excluding carboxylic acids is 2. The minimum absolute atomic E-state index is 0.0877. The number of aromatic nitrogens is 2. The summed E-state index contributed by atoms with van der Waals surface area (Å²) in [5.74, 6) is -0.0780. The lowest BCUT2D eigenvalue weighted by Crippen LogP contribution is -2.43. The Morgan fingerprint density at radius 2 is 1.51 bits per heavy atom. The van der Waals surface area contributed by atoms with Crippen molar-refractivity contribution in [1.29, 1.82) is 0 Å². The Bertz CT molecular complexity index is 1240. The number of aryl methyl sites for hydroxylation is 1. The first-order valence-corrected chi connectivity index (χ1v) is 11.1. The predicted molar refractivity (Wildman–Crippen MR) is 128 cm³/mol. The zero-order valence-corrected chi connectivity index (χ0v) is 19.2. The van der Waals surface area contributed by atoms with Gasteiger partial charge in [-0.2, -0.15) is 4.98 Å². The van der Waals surface area contributed by atoms with Crippen LogP contribution in [0.25, 0.3) is 11.5 Å². The molecule has 0 aliphatic carbocycles. The minimum Gasteiger partial charge on any atom is -0.456 e. The van der Waals surface area contributed by atoms with E-state index in [9.17, 15) is 9.59 Å². The Kier molecular flexibility index (Phi) is 7.85. The number of nitrogens with zero attached hydrogens (tertiary/aromatic N) is 2. The summed E-state index contributed by atoms with van der Waals surface area (Å²) in [5, 5.41) is 6.49. The van der Waals surface area contributed by atoms with Crippen LogP contribution in [0.3, 0.4) is 0 Å². The highest BCUT2D eigenvalue weighted by Gasteiger charge is 2.24. The summed E-state index contributed by atoms with van der Waals surface area (Å²) in [4.78, 5) is 29.5. The highest BCUT2D eigenvalue weighted by molar-refractivity contribution is 5.81. The van der Waals surface area contributed by atoms with Gasteiger partial charge in [-0.3, -0.25) is 0 Å². The molecule has 1 amide bonds. The second kappa shape index (κ2) is 11.6. The number of rotatable bonds is 9. The van der Waals surface area contributed by atoms with Crippen molar-refractivity contribution in [2.45, 2.75) is 32.6 Å². The molecular weight excluding hydrogens is 446 g/mol. The van der Waals surface area contributed by atoms with Gasteiger partial charge in [0.05, 0.1) is 0 Å². The summed E-state index contributed by atoms with van der Waals surface area (Å²) >= 11 is 0. The lowest BCUT2D eigenvalue weighted by atomic mass is 10.1. The average Bonchev–Trinajstić information content (AvgIpc) is 3.36. The Balaban J connectivity index is 1.37. The number of nitrogens with one attached hydrogen (secondary N) is 1. The van der Waals surface area contributed by atoms with Crippen LogP contribution in [0.15, 0.2) is 89.5 Å². The summed E-state index contributed by atoms with van der Waals surface area (Å²) in [6, 6.07) is 25.3. The molecule has 3 aromatic carbocycles. The van der Waals surface area contributed by atoms with Gasteiger partial charge in [-0.25, -0.2) is 9.59 Å². The summed E-state index contributed by atoms with van der Waals surface area (Å²) in [6.45, 7) is 1.88. The molecule has 0 spiro atoms. The summed E-state index contributed by atoms with van der Waals surface area (Å²) in [5.41, 5.74) is 3.58. The second-order valence-corrected chi connectivity index (χ2v) is 7.94. The number of esters is 1. The van der Waals surface area contributed by atoms with E-state index in [-0.39, 0.29) is 25.5 Å². The maximum atomic E-state index is 12.9. The molecule has 0 radical (unpaired) electrons. The van der Waals surface area contributed by atoms with Gasteiger partial charge in [0.2, 0.25) is 5.82 Å². The molecule has 0 saturated carbocycles. The third-order valence-electron chi connectivity index (χ3n) is 5.18. The number of hydrogen-bond acceptors (Lipinski definition) is 7. The van der Waals surface area contributed by atoms with Gasteiger partial charge in [-0.1, -0.05) is 83.5 Å². The smallest absolute Gasteiger partial charge is 0.408 e. The highest BCUT2D eigenvalue weighted by atomic mass is 16.6. The van der Waals surface area contributed by atoms with Crippen LogP contribution in [-0.4, -0.2) is 28.2 Å². The Morgan fingerprint density at radius 3 is 2.20 bits per heavy atom. The number of benzene rings is 3. The molecule has 8 nitrogen and oxygen atoms in total. The van der Waals surface area contributed by atoms with Gasteiger partial charge in [0.1, 0.15) is 12.6 Å². The van der Waals surface area contributed by atoms with E-state index in [1.165, 1.54) is 0 Å². The quantitative estimate of drug-likeness (QED) is 0.355. The molecule has 0 fully saturated rings. The Morgan fingerprint density at radius 1 is 0.857 bits per heavy atom. The van der Waals surface area contributed by atoms with Gasteiger partial charge in [0.15, 0.2) is 6.61 Å². The number of amides is 1. The van der Waals surface area contributed by atoms with E-state index in [4.69, 9.17) is 14.0 Å². The van der Waals surface area contributed by atoms with Crippen LogP contribution in [0.4, 0.5) is 4.79 Å². The van der Waals surface area contributed by atoms with Gasteiger partial charge in [-0.15, -0.1) is 0 Å². The van der Waals surface area contributed by atoms with Gasteiger partial charge in [0, 0.05) is 12.0 Å². The lowest BCUT2D eigenvalue weighted by molar-refractivity contribution is -0.147. The molecule has 4 rings (SSSR count). The normalized spacial score (nSPS) is 11.5. The van der Waals surface area contributed by atoms with E-state index in [1.807, 2.05) is 91.9 Å². The molecule has 0 saturated heterocycles. The number of ether oxygens (including phenoxy) is 2. The Labute approximate surface area is 202 Å². The maximum Gasteiger partial charge on any atom is 0.408 e. The molecule has 35 heavy (non-hydrogen) atoms. The first-order chi connectivity index (χ1) is 17.1. The van der Waals surface area contributed by atoms with Gasteiger partial charge in [-0.05, 0) is 30.2 Å². The average molecular weight is 472 g/mol. The van der Waals surface area contributed by atoms with Crippen molar-refractivity contribution < 1.29 is 23.6 Å². The first-order valence-electron chi connectivity index (χ1n) is 11.1. The van der Waals surface area contributed by atoms with Gasteiger partial charge in [0.25, 0.3) is 5.89 Å². The van der Waals surface area contributed by atoms with E-state index in [1.54, 1.807) is 0 Å². The molecule has 1 N–H and O–H groups in total. The zero-order valence-electron chi connectivity index (χ0n) is 19.2. The topological polar surface area (TPSA) is 104 Å². The highest BCUT2D eigenvalue weighted by Crippen LogP contribution is 2.18. The fourth-order valence-electron chi connectivity index (χ4n) is 3.31. The van der Waals surface area contributed by atoms with Crippen LogP contribution < -0.4 is 5.32 Å². The standard InChI is InChI=1S/C27H25N3O5/c1-19-12-14-22(15-13-19)25-29-24(30-35-25)18-33-26(31)23(16-20-8-4-2-5-9-20)28-27(32)34-17-21-10-6-3-7-11-21/h2-15,23H,16-18H2,1H3,(H,28,32)/t23-/m0/s1. The molecule has 4 aromatic rings. The zero-order chi connectivity index (χ0) is 24.5. The van der Waals surface area contributed by atoms with Crippen molar-refractivity contribution in [2.24, 2.45) is 0 Å². The molecule has 8 heteroatoms. The molecule has 1 aromatic heterocycles. The molecule has 178 valence electrons. The molecular formula is C27H25N3O5. The predicted octanol–water partition coefficient (Wildman–Crippen LogP) is 4.63. The first kappa shape index (κ1) is 23.7. The van der Waals surface area contributed by atoms with Crippen molar-refractivity contribution >= 4 is 12.1 Å². The molecule has 0 aliphatic rings. The van der Waals surface area contributed by atoms with Crippen molar-refractivity contribution in [3.05, 3.63) is 107 Å². The van der Waals surface area contributed by atoms with Crippen LogP contribution in [-0.2, 0) is 33.9 Å². The summed E-state index contributed by atoms with van der Waals surface area (Å²) in [6.07, 6.45) is -0.478. The number of alkyl carbamates (subject to hydrolysis) is 1. The molecule has 0 bridgehead atoms. The van der Waals surface area contributed by atoms with Crippen LogP contribution in [0, 0.1) is 6.92 Å². The minimum atomic E-state index is -0.954. The van der Waals surface area contributed by atoms with E-state index < -0.39 is 18.1 Å². The lowest BCUT2D eigenvalue weighted by Gasteiger charge is -2.17. The monoisotopic (exact) mass is 471 g/mol. The second-order valence-electron chi connectivity index (χ2n) is 7.94. The van der Waals surface area contributed by atoms with Crippen molar-refractivity contribution in [2.75, 3.05) is 0 Å². The summed E-state index contributed by atoms with van der Waals surface area (Å²) in [7, 11) is 0. The van der Waals surface area contributed by atoms with Crippen LogP contribution in [0.1, 0.15) is 22.5 Å². The van der Waals surface area contributed by atoms with E-state index in [0.717, 1.165) is 22.3 Å². The molecule has 0 unspecified atom stereocenters. The van der Waals surface area contributed by atoms with E-state index in [2.05, 4.69) is 15.5 Å². The third-order valence-corrected chi connectivity index (χ3v) is 5.18. The van der Waals surface area contributed by atoms with Crippen LogP contribution >= 0.6 is 0 Å². The molecule has 0 aliphatic heterocycles. The fourth-order valence-corrected chi connectivity index (χ4v) is 3.31. The maximum absolute atomic E-state index is 12.9. The fraction of sp³-hybridized carbons (Fsp3) is 0.185. The Hall–Kier alpha value is -4.46. The van der Waals surface area contributed by atoms with Gasteiger partial charge >= 0.3 is 12.1 Å². The van der Waals surface area contributed by atoms with Crippen LogP contribution in [0.5, 0.6) is 0 Å². The van der Waals surface area contributed by atoms with Gasteiger partial charge < -0.3 is 19.3 Å². The SMILES string of the molecule is Cc1ccc(-c2nc(COC(=O)[C@H](Cc3ccccc3)NC(=O)OCc3ccccc3)no2)cc1. The van der Waals surface area contributed by atoms with Crippen molar-refractivity contribution in [1.82, 2.24) is 15.5 Å². The third kappa shape index (κ3) is 7.01. The van der Waals surface area contributed by atoms with Crippen LogP contribution in [0.2, 0.25) is 0 Å².